The Morgan fingerprint density at radius 2 is 2.24 bits per heavy atom. The van der Waals surface area contributed by atoms with E-state index in [1.165, 1.54) is 0 Å². The molecule has 0 bridgehead atoms. The number of aliphatic carboxylic acids is 1. The summed E-state index contributed by atoms with van der Waals surface area (Å²) in [5.74, 6) is -0.659. The molecular weight excluding hydrogens is 274 g/mol. The van der Waals surface area contributed by atoms with E-state index in [-0.39, 0.29) is 18.6 Å². The number of carboxylic acids is 1. The van der Waals surface area contributed by atoms with E-state index < -0.39 is 5.97 Å². The molecule has 1 aliphatic heterocycles. The normalized spacial score (nSPS) is 18.0. The summed E-state index contributed by atoms with van der Waals surface area (Å²) in [6.45, 7) is 0.616. The zero-order valence-electron chi connectivity index (χ0n) is 11.7. The number of carboxylic acid groups (broad SMARTS) is 1. The summed E-state index contributed by atoms with van der Waals surface area (Å²) in [5, 5.41) is 11.4. The molecule has 1 aromatic rings. The highest BCUT2D eigenvalue weighted by atomic mass is 16.5. The van der Waals surface area contributed by atoms with E-state index in [4.69, 9.17) is 14.6 Å². The highest BCUT2D eigenvalue weighted by Gasteiger charge is 2.21. The first-order chi connectivity index (χ1) is 10.1. The fourth-order valence-electron chi connectivity index (χ4n) is 2.14. The Bertz CT molecular complexity index is 497. The molecule has 2 rings (SSSR count). The Balaban J connectivity index is 1.83. The third-order valence-electron chi connectivity index (χ3n) is 3.20. The molecule has 0 aromatic heterocycles. The van der Waals surface area contributed by atoms with Crippen LogP contribution in [0.2, 0.25) is 0 Å². The fraction of sp³-hybridized carbons (Fsp3) is 0.467. The van der Waals surface area contributed by atoms with Gasteiger partial charge in [0, 0.05) is 13.2 Å². The van der Waals surface area contributed by atoms with Crippen molar-refractivity contribution in [1.29, 1.82) is 0 Å². The lowest BCUT2D eigenvalue weighted by molar-refractivity contribution is -0.139. The lowest BCUT2D eigenvalue weighted by Crippen LogP contribution is -2.37. The minimum absolute atomic E-state index is 0.105. The Morgan fingerprint density at radius 3 is 2.95 bits per heavy atom. The Morgan fingerprint density at radius 1 is 1.38 bits per heavy atom. The number of carbonyl (C=O) groups is 2. The van der Waals surface area contributed by atoms with Gasteiger partial charge in [-0.05, 0) is 37.0 Å². The van der Waals surface area contributed by atoms with E-state index in [9.17, 15) is 9.59 Å². The summed E-state index contributed by atoms with van der Waals surface area (Å²) >= 11 is 0. The van der Waals surface area contributed by atoms with Crippen molar-refractivity contribution < 1.29 is 24.2 Å². The molecule has 1 saturated heterocycles. The van der Waals surface area contributed by atoms with Gasteiger partial charge in [-0.25, -0.2) is 4.79 Å². The van der Waals surface area contributed by atoms with Gasteiger partial charge < -0.3 is 19.9 Å². The van der Waals surface area contributed by atoms with Crippen molar-refractivity contribution >= 4 is 11.9 Å². The van der Waals surface area contributed by atoms with E-state index in [0.717, 1.165) is 24.8 Å². The zero-order chi connectivity index (χ0) is 15.1. The van der Waals surface area contributed by atoms with Crippen molar-refractivity contribution in [2.24, 2.45) is 0 Å². The van der Waals surface area contributed by atoms with Crippen LogP contribution in [0.25, 0.3) is 0 Å². The van der Waals surface area contributed by atoms with Crippen LogP contribution in [0.1, 0.15) is 24.8 Å². The first-order valence-electron chi connectivity index (χ1n) is 6.98. The minimum atomic E-state index is -1.02. The van der Waals surface area contributed by atoms with Crippen LogP contribution in [0.4, 0.5) is 0 Å². The van der Waals surface area contributed by atoms with Crippen molar-refractivity contribution in [1.82, 2.24) is 5.32 Å². The fourth-order valence-corrected chi connectivity index (χ4v) is 2.14. The molecule has 6 heteroatoms. The summed E-state index contributed by atoms with van der Waals surface area (Å²) in [4.78, 5) is 22.4. The lowest BCUT2D eigenvalue weighted by Gasteiger charge is -2.21. The van der Waals surface area contributed by atoms with Gasteiger partial charge in [-0.3, -0.25) is 4.79 Å². The predicted octanol–water partition coefficient (Wildman–Crippen LogP) is 1.34. The molecule has 1 aliphatic rings. The van der Waals surface area contributed by atoms with Crippen LogP contribution in [0.5, 0.6) is 5.75 Å². The first-order valence-corrected chi connectivity index (χ1v) is 6.98. The summed E-state index contributed by atoms with van der Waals surface area (Å²) in [7, 11) is 0. The highest BCUT2D eigenvalue weighted by molar-refractivity contribution is 5.80. The monoisotopic (exact) mass is 293 g/mol. The third kappa shape index (κ3) is 5.07. The van der Waals surface area contributed by atoms with Gasteiger partial charge >= 0.3 is 5.97 Å². The first kappa shape index (κ1) is 15.3. The van der Waals surface area contributed by atoms with Crippen LogP contribution in [0.15, 0.2) is 24.3 Å². The second kappa shape index (κ2) is 7.64. The van der Waals surface area contributed by atoms with Gasteiger partial charge in [-0.15, -0.1) is 0 Å². The van der Waals surface area contributed by atoms with Gasteiger partial charge in [0.2, 0.25) is 5.91 Å². The molecule has 114 valence electrons. The molecule has 0 radical (unpaired) electrons. The topological polar surface area (TPSA) is 84.9 Å². The molecule has 1 aromatic carbocycles. The maximum atomic E-state index is 11.9. The second-order valence-corrected chi connectivity index (χ2v) is 4.90. The number of ether oxygens (including phenoxy) is 2. The van der Waals surface area contributed by atoms with Gasteiger partial charge in [0.1, 0.15) is 11.9 Å². The molecule has 6 nitrogen and oxygen atoms in total. The molecule has 0 saturated carbocycles. The summed E-state index contributed by atoms with van der Waals surface area (Å²) < 4.78 is 10.5. The molecule has 2 N–H and O–H groups in total. The molecule has 1 fully saturated rings. The van der Waals surface area contributed by atoms with Gasteiger partial charge in [0.25, 0.3) is 0 Å². The van der Waals surface area contributed by atoms with Crippen molar-refractivity contribution in [2.75, 3.05) is 13.2 Å². The van der Waals surface area contributed by atoms with Crippen LogP contribution in [0, 0.1) is 0 Å². The largest absolute Gasteiger partial charge is 0.482 e. The Labute approximate surface area is 123 Å². The van der Waals surface area contributed by atoms with Crippen molar-refractivity contribution in [3.63, 3.8) is 0 Å². The van der Waals surface area contributed by atoms with Crippen molar-refractivity contribution in [3.05, 3.63) is 29.8 Å². The SMILES string of the molecule is O=C(O)COc1cccc(CNC(=O)C2CCCCO2)c1. The number of hydrogen-bond acceptors (Lipinski definition) is 4. The predicted molar refractivity (Wildman–Crippen MR) is 75.0 cm³/mol. The minimum Gasteiger partial charge on any atom is -0.482 e. The summed E-state index contributed by atoms with van der Waals surface area (Å²) in [6.07, 6.45) is 2.42. The van der Waals surface area contributed by atoms with Crippen LogP contribution in [0.3, 0.4) is 0 Å². The summed E-state index contributed by atoms with van der Waals surface area (Å²) in [6, 6.07) is 6.99. The quantitative estimate of drug-likeness (QED) is 0.826. The molecule has 1 unspecified atom stereocenters. The Hall–Kier alpha value is -2.08. The Kier molecular flexibility index (Phi) is 5.57. The maximum absolute atomic E-state index is 11.9. The molecule has 0 aliphatic carbocycles. The van der Waals surface area contributed by atoms with Gasteiger partial charge in [0.15, 0.2) is 6.61 Å². The second-order valence-electron chi connectivity index (χ2n) is 4.90. The van der Waals surface area contributed by atoms with E-state index >= 15 is 0 Å². The highest BCUT2D eigenvalue weighted by Crippen LogP contribution is 2.15. The van der Waals surface area contributed by atoms with Gasteiger partial charge in [-0.2, -0.15) is 0 Å². The number of nitrogens with one attached hydrogen (secondary N) is 1. The van der Waals surface area contributed by atoms with E-state index in [0.29, 0.717) is 18.9 Å². The van der Waals surface area contributed by atoms with Crippen LogP contribution in [-0.2, 0) is 20.9 Å². The molecule has 21 heavy (non-hydrogen) atoms. The molecule has 0 spiro atoms. The summed E-state index contributed by atoms with van der Waals surface area (Å²) in [5.41, 5.74) is 0.849. The van der Waals surface area contributed by atoms with Crippen molar-refractivity contribution in [3.8, 4) is 5.75 Å². The molecular formula is C15H19NO5. The number of benzene rings is 1. The van der Waals surface area contributed by atoms with Gasteiger partial charge in [-0.1, -0.05) is 12.1 Å². The number of hydrogen-bond donors (Lipinski definition) is 2. The third-order valence-corrected chi connectivity index (χ3v) is 3.20. The number of carbonyl (C=O) groups excluding carboxylic acids is 1. The van der Waals surface area contributed by atoms with E-state index in [2.05, 4.69) is 5.32 Å². The molecule has 1 heterocycles. The van der Waals surface area contributed by atoms with Crippen LogP contribution >= 0.6 is 0 Å². The standard InChI is InChI=1S/C15H19NO5/c17-14(18)10-21-12-5-3-4-11(8-12)9-16-15(19)13-6-1-2-7-20-13/h3-5,8,13H,1-2,6-7,9-10H2,(H,16,19)(H,17,18). The average Bonchev–Trinajstić information content (AvgIpc) is 2.52. The van der Waals surface area contributed by atoms with Gasteiger partial charge in [0.05, 0.1) is 0 Å². The van der Waals surface area contributed by atoms with Crippen molar-refractivity contribution in [2.45, 2.75) is 31.9 Å². The number of amides is 1. The van der Waals surface area contributed by atoms with Crippen LogP contribution < -0.4 is 10.1 Å². The zero-order valence-corrected chi connectivity index (χ0v) is 11.7. The van der Waals surface area contributed by atoms with E-state index in [1.807, 2.05) is 6.07 Å². The average molecular weight is 293 g/mol. The van der Waals surface area contributed by atoms with Crippen LogP contribution in [-0.4, -0.2) is 36.3 Å². The van der Waals surface area contributed by atoms with E-state index in [1.54, 1.807) is 18.2 Å². The number of rotatable bonds is 6. The smallest absolute Gasteiger partial charge is 0.341 e. The lowest BCUT2D eigenvalue weighted by atomic mass is 10.1. The molecule has 1 amide bonds. The maximum Gasteiger partial charge on any atom is 0.341 e. The molecule has 1 atom stereocenters.